The lowest BCUT2D eigenvalue weighted by Gasteiger charge is -2.27. The van der Waals surface area contributed by atoms with Crippen LogP contribution in [0.15, 0.2) is 12.1 Å². The van der Waals surface area contributed by atoms with E-state index in [-0.39, 0.29) is 17.9 Å². The van der Waals surface area contributed by atoms with Gasteiger partial charge in [-0.3, -0.25) is 10.1 Å². The lowest BCUT2D eigenvalue weighted by Crippen LogP contribution is -2.43. The van der Waals surface area contributed by atoms with Crippen LogP contribution in [-0.2, 0) is 0 Å². The van der Waals surface area contributed by atoms with Crippen molar-refractivity contribution in [3.05, 3.63) is 33.6 Å². The summed E-state index contributed by atoms with van der Waals surface area (Å²) in [6.07, 6.45) is 0. The highest BCUT2D eigenvalue weighted by Gasteiger charge is 2.23. The fourth-order valence-corrected chi connectivity index (χ4v) is 1.99. The van der Waals surface area contributed by atoms with Crippen LogP contribution >= 0.6 is 0 Å². The normalized spacial score (nSPS) is 14.2. The number of aryl methyl sites for hydroxylation is 1. The first-order valence-corrected chi connectivity index (χ1v) is 6.18. The summed E-state index contributed by atoms with van der Waals surface area (Å²) in [4.78, 5) is 12.1. The van der Waals surface area contributed by atoms with Crippen LogP contribution in [0.4, 0.5) is 15.8 Å². The minimum Gasteiger partial charge on any atom is -0.387 e. The molecule has 112 valence electrons. The van der Waals surface area contributed by atoms with E-state index in [1.807, 2.05) is 19.0 Å². The molecule has 0 radical (unpaired) electrons. The fourth-order valence-electron chi connectivity index (χ4n) is 1.99. The molecule has 0 heterocycles. The third-order valence-electron chi connectivity index (χ3n) is 2.79. The fraction of sp³-hybridized carbons (Fsp3) is 0.538. The maximum absolute atomic E-state index is 13.4. The second-order valence-electron chi connectivity index (χ2n) is 5.46. The maximum Gasteiger partial charge on any atom is 0.295 e. The molecule has 0 aromatic heterocycles. The zero-order valence-corrected chi connectivity index (χ0v) is 12.1. The quantitative estimate of drug-likeness (QED) is 0.615. The van der Waals surface area contributed by atoms with E-state index in [1.165, 1.54) is 13.0 Å². The Morgan fingerprint density at radius 2 is 2.10 bits per heavy atom. The molecule has 0 spiro atoms. The third kappa shape index (κ3) is 4.43. The van der Waals surface area contributed by atoms with E-state index in [4.69, 9.17) is 0 Å². The van der Waals surface area contributed by atoms with Crippen molar-refractivity contribution in [1.29, 1.82) is 0 Å². The predicted molar refractivity (Wildman–Crippen MR) is 75.5 cm³/mol. The average molecular weight is 285 g/mol. The number of benzene rings is 1. The van der Waals surface area contributed by atoms with Crippen LogP contribution in [0.5, 0.6) is 0 Å². The monoisotopic (exact) mass is 285 g/mol. The van der Waals surface area contributed by atoms with Gasteiger partial charge in [0, 0.05) is 13.1 Å². The summed E-state index contributed by atoms with van der Waals surface area (Å²) in [5.74, 6) is -0.623. The Kier molecular flexibility index (Phi) is 5.02. The lowest BCUT2D eigenvalue weighted by atomic mass is 10.1. The molecule has 1 aromatic rings. The van der Waals surface area contributed by atoms with E-state index in [2.05, 4.69) is 5.32 Å². The number of nitro benzene ring substituents is 1. The van der Waals surface area contributed by atoms with Gasteiger partial charge < -0.3 is 15.3 Å². The van der Waals surface area contributed by atoms with Gasteiger partial charge >= 0.3 is 0 Å². The van der Waals surface area contributed by atoms with Gasteiger partial charge in [0.05, 0.1) is 16.6 Å². The molecule has 0 fully saturated rings. The highest BCUT2D eigenvalue weighted by molar-refractivity contribution is 5.63. The number of likely N-dealkylation sites (N-methyl/N-ethyl adjacent to an activating group) is 1. The van der Waals surface area contributed by atoms with Gasteiger partial charge in [0.25, 0.3) is 5.69 Å². The lowest BCUT2D eigenvalue weighted by molar-refractivity contribution is -0.384. The highest BCUT2D eigenvalue weighted by atomic mass is 19.1. The zero-order chi connectivity index (χ0) is 15.5. The summed E-state index contributed by atoms with van der Waals surface area (Å²) in [5, 5.41) is 23.9. The molecule has 0 amide bonds. The molecule has 1 aromatic carbocycles. The zero-order valence-electron chi connectivity index (χ0n) is 12.1. The van der Waals surface area contributed by atoms with Gasteiger partial charge in [0.1, 0.15) is 11.5 Å². The van der Waals surface area contributed by atoms with Crippen molar-refractivity contribution in [2.24, 2.45) is 0 Å². The number of aliphatic hydroxyl groups is 1. The molecule has 20 heavy (non-hydrogen) atoms. The summed E-state index contributed by atoms with van der Waals surface area (Å²) in [6.45, 7) is 3.68. The maximum atomic E-state index is 13.4. The third-order valence-corrected chi connectivity index (χ3v) is 2.79. The summed E-state index contributed by atoms with van der Waals surface area (Å²) in [7, 11) is 3.64. The molecule has 0 aliphatic rings. The van der Waals surface area contributed by atoms with Gasteiger partial charge in [-0.05, 0) is 39.6 Å². The van der Waals surface area contributed by atoms with Gasteiger partial charge in [0.15, 0.2) is 0 Å². The van der Waals surface area contributed by atoms with E-state index in [9.17, 15) is 19.6 Å². The van der Waals surface area contributed by atoms with Crippen LogP contribution in [0.25, 0.3) is 0 Å². The van der Waals surface area contributed by atoms with E-state index >= 15 is 0 Å². The number of hydrogen-bond acceptors (Lipinski definition) is 5. The largest absolute Gasteiger partial charge is 0.387 e. The number of hydrogen-bond donors (Lipinski definition) is 2. The second kappa shape index (κ2) is 6.15. The molecule has 0 aliphatic carbocycles. The molecule has 0 bridgehead atoms. The van der Waals surface area contributed by atoms with E-state index in [0.29, 0.717) is 12.1 Å². The Labute approximate surface area is 117 Å². The second-order valence-corrected chi connectivity index (χ2v) is 5.46. The summed E-state index contributed by atoms with van der Waals surface area (Å²) in [6, 6.07) is 2.26. The van der Waals surface area contributed by atoms with Crippen LogP contribution in [0.3, 0.4) is 0 Å². The molecule has 0 aliphatic heterocycles. The molecule has 2 N–H and O–H groups in total. The molecule has 6 nitrogen and oxygen atoms in total. The van der Waals surface area contributed by atoms with E-state index in [1.54, 1.807) is 6.92 Å². The van der Waals surface area contributed by atoms with E-state index in [0.717, 1.165) is 6.07 Å². The minimum absolute atomic E-state index is 0.122. The Morgan fingerprint density at radius 1 is 1.50 bits per heavy atom. The number of halogens is 1. The van der Waals surface area contributed by atoms with Gasteiger partial charge in [-0.15, -0.1) is 0 Å². The first kappa shape index (κ1) is 16.3. The Hall–Kier alpha value is -1.73. The van der Waals surface area contributed by atoms with Crippen LogP contribution in [-0.4, -0.2) is 47.7 Å². The molecule has 7 heteroatoms. The van der Waals surface area contributed by atoms with Crippen molar-refractivity contribution in [1.82, 2.24) is 4.90 Å². The van der Waals surface area contributed by atoms with Gasteiger partial charge in [-0.25, -0.2) is 4.39 Å². The van der Waals surface area contributed by atoms with Crippen molar-refractivity contribution in [3.8, 4) is 0 Å². The number of anilines is 1. The molecular formula is C13H20FN3O3. The van der Waals surface area contributed by atoms with Gasteiger partial charge in [-0.2, -0.15) is 0 Å². The average Bonchev–Trinajstić information content (AvgIpc) is 2.28. The Balaban J connectivity index is 2.92. The first-order chi connectivity index (χ1) is 9.12. The summed E-state index contributed by atoms with van der Waals surface area (Å²) in [5.41, 5.74) is -0.883. The van der Waals surface area contributed by atoms with Crippen LogP contribution in [0, 0.1) is 22.9 Å². The first-order valence-electron chi connectivity index (χ1n) is 6.18. The molecule has 1 unspecified atom stereocenters. The predicted octanol–water partition coefficient (Wildman–Crippen LogP) is 1.77. The van der Waals surface area contributed by atoms with Gasteiger partial charge in [-0.1, -0.05) is 0 Å². The van der Waals surface area contributed by atoms with E-state index < -0.39 is 16.3 Å². The minimum atomic E-state index is -1.06. The number of nitrogens with one attached hydrogen (secondary N) is 1. The summed E-state index contributed by atoms with van der Waals surface area (Å²) >= 11 is 0. The molecule has 1 rings (SSSR count). The van der Waals surface area contributed by atoms with Gasteiger partial charge in [0.2, 0.25) is 0 Å². The smallest absolute Gasteiger partial charge is 0.295 e. The molecule has 0 saturated carbocycles. The number of nitro groups is 1. The topological polar surface area (TPSA) is 78.6 Å². The van der Waals surface area contributed by atoms with Crippen LogP contribution in [0.1, 0.15) is 12.5 Å². The Bertz CT molecular complexity index is 504. The van der Waals surface area contributed by atoms with Crippen molar-refractivity contribution >= 4 is 11.4 Å². The number of nitrogens with zero attached hydrogens (tertiary/aromatic N) is 2. The van der Waals surface area contributed by atoms with Crippen molar-refractivity contribution in [2.45, 2.75) is 19.4 Å². The van der Waals surface area contributed by atoms with Crippen molar-refractivity contribution in [2.75, 3.05) is 32.5 Å². The molecule has 1 atom stereocenters. The van der Waals surface area contributed by atoms with Crippen molar-refractivity contribution < 1.29 is 14.4 Å². The summed E-state index contributed by atoms with van der Waals surface area (Å²) < 4.78 is 13.4. The highest BCUT2D eigenvalue weighted by Crippen LogP contribution is 2.27. The van der Waals surface area contributed by atoms with Crippen LogP contribution in [0.2, 0.25) is 0 Å². The number of rotatable bonds is 6. The molecular weight excluding hydrogens is 265 g/mol. The Morgan fingerprint density at radius 3 is 2.60 bits per heavy atom. The van der Waals surface area contributed by atoms with Crippen molar-refractivity contribution in [3.63, 3.8) is 0 Å². The SMILES string of the molecule is Cc1cc(NCC(C)(O)CN(C)C)c([N+](=O)[O-])cc1F. The standard InChI is InChI=1S/C13H20FN3O3/c1-9-5-11(12(17(19)20)6-10(9)14)15-7-13(2,18)8-16(3)4/h5-6,15,18H,7-8H2,1-4H3. The molecule has 0 saturated heterocycles. The van der Waals surface area contributed by atoms with Crippen LogP contribution < -0.4 is 5.32 Å².